The highest BCUT2D eigenvalue weighted by Crippen LogP contribution is 2.58. The van der Waals surface area contributed by atoms with Gasteiger partial charge in [-0.25, -0.2) is 17.8 Å². The molecule has 4 saturated carbocycles. The number of nitrogens with zero attached hydrogens (tertiary/aromatic N) is 2. The summed E-state index contributed by atoms with van der Waals surface area (Å²) in [6.45, 7) is 9.33. The third-order valence-electron chi connectivity index (χ3n) is 15.6. The molecule has 2 aromatic carbocycles. The van der Waals surface area contributed by atoms with Crippen LogP contribution >= 0.6 is 0 Å². The molecule has 15 heteroatoms. The molecule has 3 heterocycles. The minimum Gasteiger partial charge on any atom is -0.497 e. The summed E-state index contributed by atoms with van der Waals surface area (Å²) < 4.78 is 67.5. The Kier molecular flexibility index (Phi) is 12.7. The minimum absolute atomic E-state index is 0.0241. The summed E-state index contributed by atoms with van der Waals surface area (Å²) in [7, 11) is -2.44. The van der Waals surface area contributed by atoms with E-state index in [1.807, 2.05) is 51.1 Å². The van der Waals surface area contributed by atoms with Gasteiger partial charge in [-0.15, -0.1) is 0 Å². The van der Waals surface area contributed by atoms with E-state index in [2.05, 4.69) is 11.6 Å². The Morgan fingerprint density at radius 3 is 2.45 bits per heavy atom. The molecule has 1 saturated heterocycles. The van der Waals surface area contributed by atoms with Crippen molar-refractivity contribution in [3.63, 3.8) is 0 Å². The van der Waals surface area contributed by atoms with Gasteiger partial charge in [0.2, 0.25) is 27.7 Å². The largest absolute Gasteiger partial charge is 0.497 e. The van der Waals surface area contributed by atoms with Crippen LogP contribution in [-0.2, 0) is 33.9 Å². The van der Waals surface area contributed by atoms with Gasteiger partial charge in [0.05, 0.1) is 54.0 Å². The highest BCUT2D eigenvalue weighted by atomic mass is 32.2. The number of ether oxygens (including phenoxy) is 4. The molecule has 5 fully saturated rings. The summed E-state index contributed by atoms with van der Waals surface area (Å²) in [5, 5.41) is 1.31. The second kappa shape index (κ2) is 18.1. The molecule has 0 spiro atoms. The van der Waals surface area contributed by atoms with Crippen LogP contribution in [0.25, 0.3) is 22.0 Å². The third-order valence-corrected chi connectivity index (χ3v) is 17.7. The smallest absolute Gasteiger partial charge is 0.306 e. The fourth-order valence-electron chi connectivity index (χ4n) is 11.0. The topological polar surface area (TPSA) is 167 Å². The van der Waals surface area contributed by atoms with Crippen molar-refractivity contribution in [1.82, 2.24) is 14.6 Å². The molecule has 67 heavy (non-hydrogen) atoms. The Labute approximate surface area is 393 Å². The van der Waals surface area contributed by atoms with E-state index in [1.54, 1.807) is 32.2 Å². The van der Waals surface area contributed by atoms with E-state index in [9.17, 15) is 18.0 Å². The van der Waals surface area contributed by atoms with Crippen LogP contribution < -0.4 is 18.9 Å². The van der Waals surface area contributed by atoms with E-state index < -0.39 is 61.7 Å². The maximum Gasteiger partial charge on any atom is 0.306 e. The van der Waals surface area contributed by atoms with Gasteiger partial charge in [-0.05, 0) is 156 Å². The van der Waals surface area contributed by atoms with E-state index >= 15 is 14.0 Å². The van der Waals surface area contributed by atoms with Crippen molar-refractivity contribution in [3.8, 4) is 28.6 Å². The molecule has 2 aliphatic heterocycles. The second-order valence-electron chi connectivity index (χ2n) is 21.2. The molecule has 13 nitrogen and oxygen atoms in total. The Bertz CT molecular complexity index is 2590. The zero-order chi connectivity index (χ0) is 47.6. The molecule has 2 amide bonds. The summed E-state index contributed by atoms with van der Waals surface area (Å²) in [5.74, 6) is -1.58. The highest BCUT2D eigenvalue weighted by molar-refractivity contribution is 7.91. The second-order valence-corrected chi connectivity index (χ2v) is 23.4. The van der Waals surface area contributed by atoms with Crippen molar-refractivity contribution < 1.29 is 50.9 Å². The van der Waals surface area contributed by atoms with Crippen LogP contribution in [0.5, 0.6) is 17.4 Å². The molecule has 360 valence electrons. The Morgan fingerprint density at radius 2 is 1.75 bits per heavy atom. The van der Waals surface area contributed by atoms with Crippen LogP contribution in [0, 0.1) is 46.7 Å². The van der Waals surface area contributed by atoms with Gasteiger partial charge in [-0.1, -0.05) is 26.0 Å². The molecule has 3 aromatic rings. The lowest BCUT2D eigenvalue weighted by Crippen LogP contribution is -2.48. The van der Waals surface area contributed by atoms with Crippen LogP contribution in [-0.4, -0.2) is 84.6 Å². The monoisotopic (exact) mass is 941 g/mol. The fraction of sp³-hybridized carbons (Fsp3) is 0.596. The molecule has 1 N–H and O–H groups in total. The first kappa shape index (κ1) is 47.0. The number of rotatable bonds is 12. The van der Waals surface area contributed by atoms with Crippen molar-refractivity contribution in [2.24, 2.45) is 40.9 Å². The Morgan fingerprint density at radius 1 is 0.985 bits per heavy atom. The molecule has 4 aliphatic carbocycles. The third kappa shape index (κ3) is 9.81. The normalized spacial score (nSPS) is 31.7. The van der Waals surface area contributed by atoms with Crippen molar-refractivity contribution in [2.45, 2.75) is 141 Å². The van der Waals surface area contributed by atoms with Gasteiger partial charge < -0.3 is 23.8 Å². The van der Waals surface area contributed by atoms with E-state index in [-0.39, 0.29) is 79.7 Å². The summed E-state index contributed by atoms with van der Waals surface area (Å²) in [6.07, 6.45) is 8.60. The molecule has 1 aromatic heterocycles. The SMILES string of the molecule is COc1ccc2c(O[C@@H]3C[C@H]4C(=O)C[C@]5(C(=O)NS(=O)(=O)C6(C)CC6)C[C@H]5/C=C\CC[C@@H](C)C[C@@H](C)[C@H](CC(=O)OC5C[C@@H]6C[C@@H]6C5)C(=O)N4C3)nc(-c3ccc(OC(C)C)c(F)c3)cc2c1. The van der Waals surface area contributed by atoms with Gasteiger partial charge in [0.1, 0.15) is 18.0 Å². The van der Waals surface area contributed by atoms with Crippen molar-refractivity contribution in [1.29, 1.82) is 0 Å². The van der Waals surface area contributed by atoms with E-state index in [0.717, 1.165) is 19.3 Å². The number of benzene rings is 2. The summed E-state index contributed by atoms with van der Waals surface area (Å²) in [4.78, 5) is 64.7. The number of aromatic nitrogens is 1. The number of esters is 1. The lowest BCUT2D eigenvalue weighted by molar-refractivity contribution is -0.155. The van der Waals surface area contributed by atoms with Gasteiger partial charge in [0.15, 0.2) is 17.3 Å². The molecule has 0 bridgehead atoms. The van der Waals surface area contributed by atoms with Crippen LogP contribution in [0.15, 0.2) is 54.6 Å². The average molecular weight is 942 g/mol. The molecule has 10 atom stereocenters. The lowest BCUT2D eigenvalue weighted by atomic mass is 9.82. The van der Waals surface area contributed by atoms with E-state index in [0.29, 0.717) is 65.3 Å². The number of Topliss-reactive ketones (excluding diaryl/α,β-unsaturated/α-hetero) is 1. The fourth-order valence-corrected chi connectivity index (χ4v) is 12.3. The predicted molar refractivity (Wildman–Crippen MR) is 249 cm³/mol. The number of carbonyl (C=O) groups excluding carboxylic acids is 4. The summed E-state index contributed by atoms with van der Waals surface area (Å²) >= 11 is 0. The molecule has 1 unspecified atom stereocenters. The van der Waals surface area contributed by atoms with Crippen LogP contribution in [0.2, 0.25) is 0 Å². The van der Waals surface area contributed by atoms with Gasteiger partial charge in [0, 0.05) is 23.8 Å². The molecule has 0 radical (unpaired) electrons. The number of fused-ring (bicyclic) bond motifs is 4. The van der Waals surface area contributed by atoms with Crippen LogP contribution in [0.4, 0.5) is 4.39 Å². The number of halogens is 1. The first-order valence-electron chi connectivity index (χ1n) is 24.2. The Balaban J connectivity index is 1.06. The maximum atomic E-state index is 15.4. The molecular weight excluding hydrogens is 878 g/mol. The zero-order valence-corrected chi connectivity index (χ0v) is 40.2. The van der Waals surface area contributed by atoms with Gasteiger partial charge >= 0.3 is 5.97 Å². The van der Waals surface area contributed by atoms with Crippen molar-refractivity contribution in [3.05, 3.63) is 60.4 Å². The van der Waals surface area contributed by atoms with Crippen LogP contribution in [0.1, 0.15) is 112 Å². The minimum atomic E-state index is -4.00. The summed E-state index contributed by atoms with van der Waals surface area (Å²) in [6, 6.07) is 10.8. The zero-order valence-electron chi connectivity index (χ0n) is 39.4. The van der Waals surface area contributed by atoms with Crippen molar-refractivity contribution >= 4 is 44.4 Å². The number of pyridine rings is 1. The van der Waals surface area contributed by atoms with E-state index in [4.69, 9.17) is 23.9 Å². The van der Waals surface area contributed by atoms with Crippen molar-refractivity contribution in [2.75, 3.05) is 13.7 Å². The van der Waals surface area contributed by atoms with Gasteiger partial charge in [0.25, 0.3) is 0 Å². The number of hydrogen-bond donors (Lipinski definition) is 1. The average Bonchev–Trinajstić information content (AvgIpc) is 4.24. The lowest BCUT2D eigenvalue weighted by Gasteiger charge is -2.32. The number of hydrogen-bond acceptors (Lipinski definition) is 11. The number of methoxy groups -OCH3 is 1. The number of allylic oxidation sites excluding steroid dienone is 2. The molecule has 9 rings (SSSR count). The first-order chi connectivity index (χ1) is 31.8. The standard InChI is InChI=1S/C52H64FN3O10S/c1-29(2)64-46-14-11-32(22-42(46)53)43-23-35-21-37(63-6)12-13-40(35)48(54-43)66-39-24-44-45(57)27-52(50(60)55-67(61,62)51(5)15-16-51)26-36(52)10-8-7-9-30(3)17-31(4)41(49(59)56(44)28-39)25-47(58)65-38-19-33-18-34(33)20-38/h8,10-14,21-23,29-31,33-34,36,38-39,41,44H,7,9,15-20,24-28H2,1-6H3,(H,55,60)/b10-8-/t30-,31-,33-,34+,36-,38?,39-,41+,44+,52-/m1/s1. The number of nitrogens with one attached hydrogen (secondary N) is 1. The van der Waals surface area contributed by atoms with Crippen LogP contribution in [0.3, 0.4) is 0 Å². The number of ketones is 1. The maximum absolute atomic E-state index is 15.4. The first-order valence-corrected chi connectivity index (χ1v) is 25.7. The van der Waals surface area contributed by atoms with E-state index in [1.165, 1.54) is 17.4 Å². The Hall–Kier alpha value is -5.05. The van der Waals surface area contributed by atoms with Gasteiger partial charge in [-0.3, -0.25) is 23.9 Å². The number of sulfonamides is 1. The highest BCUT2D eigenvalue weighted by Gasteiger charge is 2.63. The summed E-state index contributed by atoms with van der Waals surface area (Å²) in [5.41, 5.74) is -0.447. The molecule has 6 aliphatic rings. The quantitative estimate of drug-likeness (QED) is 0.137. The predicted octanol–water partition coefficient (Wildman–Crippen LogP) is 8.51. The molecular formula is C52H64FN3O10S. The number of amides is 2. The number of carbonyl (C=O) groups is 4. The van der Waals surface area contributed by atoms with Gasteiger partial charge in [-0.2, -0.15) is 0 Å².